The van der Waals surface area contributed by atoms with Crippen LogP contribution in [0.25, 0.3) is 0 Å². The van der Waals surface area contributed by atoms with E-state index in [1.807, 2.05) is 0 Å². The minimum atomic E-state index is -0.198. The van der Waals surface area contributed by atoms with Crippen LogP contribution in [0.2, 0.25) is 0 Å². The van der Waals surface area contributed by atoms with Crippen molar-refractivity contribution >= 4 is 11.7 Å². The molecule has 0 aromatic carbocycles. The summed E-state index contributed by atoms with van der Waals surface area (Å²) in [5.41, 5.74) is 5.65. The zero-order chi connectivity index (χ0) is 12.3. The molecule has 1 amide bonds. The Balaban J connectivity index is 2.06. The lowest BCUT2D eigenvalue weighted by atomic mass is 10.1. The van der Waals surface area contributed by atoms with Gasteiger partial charge in [-0.15, -0.1) is 0 Å². The molecule has 2 rings (SSSR count). The molecule has 1 fully saturated rings. The van der Waals surface area contributed by atoms with Crippen LogP contribution >= 0.6 is 0 Å². The Bertz CT molecular complexity index is 383. The topological polar surface area (TPSA) is 85.2 Å². The van der Waals surface area contributed by atoms with Crippen molar-refractivity contribution in [2.45, 2.75) is 44.6 Å². The summed E-state index contributed by atoms with van der Waals surface area (Å²) in [6.45, 7) is 0. The number of carbonyl (C=O) groups excluding carboxylic acids is 1. The first-order chi connectivity index (χ1) is 8.20. The second-order valence-electron chi connectivity index (χ2n) is 4.56. The Morgan fingerprint density at radius 2 is 1.94 bits per heavy atom. The summed E-state index contributed by atoms with van der Waals surface area (Å²) in [7, 11) is 1.80. The summed E-state index contributed by atoms with van der Waals surface area (Å²) >= 11 is 0. The second kappa shape index (κ2) is 5.16. The van der Waals surface area contributed by atoms with E-state index in [0.717, 1.165) is 12.8 Å². The Hall–Kier alpha value is -1.59. The molecule has 0 radical (unpaired) electrons. The first-order valence-corrected chi connectivity index (χ1v) is 6.05. The van der Waals surface area contributed by atoms with Gasteiger partial charge in [-0.3, -0.25) is 4.79 Å². The third-order valence-corrected chi connectivity index (χ3v) is 3.41. The predicted octanol–water partition coefficient (Wildman–Crippen LogP) is 1.45. The molecule has 2 N–H and O–H groups in total. The molecular weight excluding hydrogens is 220 g/mol. The number of rotatable bonds is 2. The van der Waals surface area contributed by atoms with Crippen molar-refractivity contribution in [1.82, 2.24) is 15.2 Å². The maximum Gasteiger partial charge on any atom is 0.280 e. The van der Waals surface area contributed by atoms with Gasteiger partial charge in [-0.2, -0.15) is 0 Å². The molecule has 1 aliphatic carbocycles. The fraction of sp³-hybridized carbons (Fsp3) is 0.727. The number of nitrogens with zero attached hydrogens (tertiary/aromatic N) is 3. The smallest absolute Gasteiger partial charge is 0.280 e. The van der Waals surface area contributed by atoms with Crippen LogP contribution in [0.5, 0.6) is 0 Å². The number of nitrogen functional groups attached to an aromatic ring is 1. The van der Waals surface area contributed by atoms with Crippen molar-refractivity contribution < 1.29 is 9.42 Å². The van der Waals surface area contributed by atoms with Gasteiger partial charge in [0.15, 0.2) is 0 Å². The molecule has 0 saturated heterocycles. The summed E-state index contributed by atoms with van der Waals surface area (Å²) in [5.74, 6) is -0.133. The van der Waals surface area contributed by atoms with Crippen molar-refractivity contribution in [3.05, 3.63) is 5.69 Å². The molecule has 0 atom stereocenters. The highest BCUT2D eigenvalue weighted by Crippen LogP contribution is 2.22. The molecule has 1 aromatic rings. The van der Waals surface area contributed by atoms with E-state index in [-0.39, 0.29) is 23.5 Å². The highest BCUT2D eigenvalue weighted by molar-refractivity contribution is 5.96. The third kappa shape index (κ3) is 2.57. The molecule has 0 bridgehead atoms. The van der Waals surface area contributed by atoms with Gasteiger partial charge in [-0.1, -0.05) is 25.7 Å². The van der Waals surface area contributed by atoms with Gasteiger partial charge in [0.05, 0.1) is 0 Å². The van der Waals surface area contributed by atoms with E-state index in [1.54, 1.807) is 11.9 Å². The average molecular weight is 238 g/mol. The summed E-state index contributed by atoms with van der Waals surface area (Å²) < 4.78 is 4.46. The Morgan fingerprint density at radius 1 is 1.29 bits per heavy atom. The summed E-state index contributed by atoms with van der Waals surface area (Å²) in [5, 5.41) is 6.98. The molecular formula is C11H18N4O2. The van der Waals surface area contributed by atoms with Crippen molar-refractivity contribution in [2.24, 2.45) is 0 Å². The molecule has 1 saturated carbocycles. The van der Waals surface area contributed by atoms with Crippen LogP contribution in [0.3, 0.4) is 0 Å². The lowest BCUT2D eigenvalue weighted by molar-refractivity contribution is 0.0707. The largest absolute Gasteiger partial charge is 0.379 e. The summed E-state index contributed by atoms with van der Waals surface area (Å²) in [6, 6.07) is 0.279. The molecule has 17 heavy (non-hydrogen) atoms. The maximum absolute atomic E-state index is 12.1. The first-order valence-electron chi connectivity index (χ1n) is 6.05. The molecule has 1 aromatic heterocycles. The highest BCUT2D eigenvalue weighted by Gasteiger charge is 2.26. The van der Waals surface area contributed by atoms with E-state index >= 15 is 0 Å². The number of anilines is 1. The Labute approximate surface area is 100 Å². The van der Waals surface area contributed by atoms with Gasteiger partial charge in [0.1, 0.15) is 0 Å². The monoisotopic (exact) mass is 238 g/mol. The number of aromatic nitrogens is 2. The number of amides is 1. The van der Waals surface area contributed by atoms with E-state index in [9.17, 15) is 4.79 Å². The van der Waals surface area contributed by atoms with Crippen LogP contribution in [0.15, 0.2) is 4.63 Å². The average Bonchev–Trinajstić information content (AvgIpc) is 2.60. The zero-order valence-corrected chi connectivity index (χ0v) is 10.1. The van der Waals surface area contributed by atoms with Crippen LogP contribution in [0.1, 0.15) is 49.0 Å². The molecule has 94 valence electrons. The molecule has 6 nitrogen and oxygen atoms in total. The zero-order valence-electron chi connectivity index (χ0n) is 10.1. The molecule has 0 aliphatic heterocycles. The van der Waals surface area contributed by atoms with Gasteiger partial charge in [0.25, 0.3) is 5.91 Å². The minimum absolute atomic E-state index is 0.0653. The van der Waals surface area contributed by atoms with E-state index in [0.29, 0.717) is 0 Å². The fourth-order valence-corrected chi connectivity index (χ4v) is 2.32. The van der Waals surface area contributed by atoms with E-state index < -0.39 is 0 Å². The van der Waals surface area contributed by atoms with Crippen LogP contribution < -0.4 is 5.73 Å². The van der Waals surface area contributed by atoms with Gasteiger partial charge in [-0.05, 0) is 23.2 Å². The number of nitrogens with two attached hydrogens (primary N) is 1. The van der Waals surface area contributed by atoms with E-state index in [1.165, 1.54) is 25.7 Å². The summed E-state index contributed by atoms with van der Waals surface area (Å²) in [4.78, 5) is 13.8. The quantitative estimate of drug-likeness (QED) is 0.788. The number of carbonyl (C=O) groups is 1. The van der Waals surface area contributed by atoms with Gasteiger partial charge in [-0.25, -0.2) is 4.63 Å². The fourth-order valence-electron chi connectivity index (χ4n) is 2.32. The first kappa shape index (κ1) is 11.9. The standard InChI is InChI=1S/C11H18N4O2/c1-15(8-6-4-2-3-5-7-8)11(16)9-10(12)14-17-13-9/h8H,2-7H2,1H3,(H2,12,14). The van der Waals surface area contributed by atoms with Gasteiger partial charge in [0, 0.05) is 13.1 Å². The second-order valence-corrected chi connectivity index (χ2v) is 4.56. The van der Waals surface area contributed by atoms with Crippen molar-refractivity contribution in [3.63, 3.8) is 0 Å². The van der Waals surface area contributed by atoms with E-state index in [4.69, 9.17) is 5.73 Å². The van der Waals surface area contributed by atoms with Gasteiger partial charge in [0.2, 0.25) is 11.5 Å². The predicted molar refractivity (Wildman–Crippen MR) is 62.3 cm³/mol. The van der Waals surface area contributed by atoms with Crippen LogP contribution in [0.4, 0.5) is 5.82 Å². The van der Waals surface area contributed by atoms with E-state index in [2.05, 4.69) is 14.9 Å². The molecule has 1 heterocycles. The molecule has 0 unspecified atom stereocenters. The highest BCUT2D eigenvalue weighted by atomic mass is 16.6. The van der Waals surface area contributed by atoms with Crippen molar-refractivity contribution in [1.29, 1.82) is 0 Å². The van der Waals surface area contributed by atoms with Crippen molar-refractivity contribution in [2.75, 3.05) is 12.8 Å². The Kier molecular flexibility index (Phi) is 3.61. The SMILES string of the molecule is CN(C(=O)c1nonc1N)C1CCCCCC1. The molecule has 0 spiro atoms. The number of hydrogen-bond acceptors (Lipinski definition) is 5. The normalized spacial score (nSPS) is 17.7. The van der Waals surface area contributed by atoms with Crippen LogP contribution in [-0.4, -0.2) is 34.2 Å². The molecule has 6 heteroatoms. The van der Waals surface area contributed by atoms with Crippen LogP contribution in [-0.2, 0) is 0 Å². The third-order valence-electron chi connectivity index (χ3n) is 3.41. The minimum Gasteiger partial charge on any atom is -0.379 e. The van der Waals surface area contributed by atoms with Gasteiger partial charge >= 0.3 is 0 Å². The van der Waals surface area contributed by atoms with Crippen LogP contribution in [0, 0.1) is 0 Å². The van der Waals surface area contributed by atoms with Gasteiger partial charge < -0.3 is 10.6 Å². The summed E-state index contributed by atoms with van der Waals surface area (Å²) in [6.07, 6.45) is 6.96. The molecule has 1 aliphatic rings. The Morgan fingerprint density at radius 3 is 2.47 bits per heavy atom. The lowest BCUT2D eigenvalue weighted by Crippen LogP contribution is -2.37. The maximum atomic E-state index is 12.1. The lowest BCUT2D eigenvalue weighted by Gasteiger charge is -2.26. The number of hydrogen-bond donors (Lipinski definition) is 1. The van der Waals surface area contributed by atoms with Crippen molar-refractivity contribution in [3.8, 4) is 0 Å².